The SMILES string of the molecule is OC(c1ccoc1)c1cccc(OC2CC2)c1. The van der Waals surface area contributed by atoms with Crippen LogP contribution in [0.25, 0.3) is 0 Å². The van der Waals surface area contributed by atoms with E-state index in [-0.39, 0.29) is 0 Å². The first kappa shape index (κ1) is 10.4. The average Bonchev–Trinajstić information content (AvgIpc) is 2.99. The predicted molar refractivity (Wildman–Crippen MR) is 62.9 cm³/mol. The van der Waals surface area contributed by atoms with E-state index in [0.29, 0.717) is 6.10 Å². The molecule has 1 aromatic heterocycles. The lowest BCUT2D eigenvalue weighted by Crippen LogP contribution is -2.00. The Labute approximate surface area is 99.6 Å². The van der Waals surface area contributed by atoms with Crippen LogP contribution in [0.5, 0.6) is 5.75 Å². The summed E-state index contributed by atoms with van der Waals surface area (Å²) in [4.78, 5) is 0. The molecule has 0 saturated heterocycles. The van der Waals surface area contributed by atoms with Crippen molar-refractivity contribution >= 4 is 0 Å². The number of aliphatic hydroxyl groups excluding tert-OH is 1. The van der Waals surface area contributed by atoms with Crippen LogP contribution in [0.1, 0.15) is 30.1 Å². The molecule has 1 atom stereocenters. The molecular weight excluding hydrogens is 216 g/mol. The van der Waals surface area contributed by atoms with E-state index in [0.717, 1.165) is 29.7 Å². The van der Waals surface area contributed by atoms with Crippen LogP contribution in [0.3, 0.4) is 0 Å². The smallest absolute Gasteiger partial charge is 0.120 e. The van der Waals surface area contributed by atoms with Crippen LogP contribution in [0.4, 0.5) is 0 Å². The van der Waals surface area contributed by atoms with E-state index in [1.807, 2.05) is 24.3 Å². The van der Waals surface area contributed by atoms with Gasteiger partial charge in [0.2, 0.25) is 0 Å². The zero-order chi connectivity index (χ0) is 11.7. The van der Waals surface area contributed by atoms with E-state index in [4.69, 9.17) is 9.15 Å². The minimum absolute atomic E-state index is 0.372. The molecule has 2 aromatic rings. The van der Waals surface area contributed by atoms with E-state index >= 15 is 0 Å². The first-order chi connectivity index (χ1) is 8.33. The maximum atomic E-state index is 10.1. The molecule has 3 heteroatoms. The molecule has 1 fully saturated rings. The number of ether oxygens (including phenoxy) is 1. The molecule has 1 aliphatic rings. The Bertz CT molecular complexity index is 486. The van der Waals surface area contributed by atoms with Gasteiger partial charge < -0.3 is 14.3 Å². The maximum Gasteiger partial charge on any atom is 0.120 e. The van der Waals surface area contributed by atoms with Gasteiger partial charge in [0.1, 0.15) is 11.9 Å². The van der Waals surface area contributed by atoms with Crippen molar-refractivity contribution in [3.8, 4) is 5.75 Å². The van der Waals surface area contributed by atoms with Gasteiger partial charge in [0, 0.05) is 5.56 Å². The lowest BCUT2D eigenvalue weighted by atomic mass is 10.0. The van der Waals surface area contributed by atoms with Crippen LogP contribution in [-0.2, 0) is 0 Å². The number of aliphatic hydroxyl groups is 1. The Hall–Kier alpha value is -1.74. The lowest BCUT2D eigenvalue weighted by Gasteiger charge is -2.11. The molecule has 88 valence electrons. The molecule has 0 amide bonds. The van der Waals surface area contributed by atoms with E-state index in [1.54, 1.807) is 18.6 Å². The second-order valence-corrected chi connectivity index (χ2v) is 4.35. The quantitative estimate of drug-likeness (QED) is 0.878. The second-order valence-electron chi connectivity index (χ2n) is 4.35. The molecule has 1 aromatic carbocycles. The van der Waals surface area contributed by atoms with E-state index < -0.39 is 6.10 Å². The summed E-state index contributed by atoms with van der Waals surface area (Å²) in [6, 6.07) is 9.35. The normalized spacial score (nSPS) is 16.8. The topological polar surface area (TPSA) is 42.6 Å². The molecule has 1 heterocycles. The summed E-state index contributed by atoms with van der Waals surface area (Å²) >= 11 is 0. The van der Waals surface area contributed by atoms with Crippen molar-refractivity contribution in [2.75, 3.05) is 0 Å². The van der Waals surface area contributed by atoms with Crippen LogP contribution >= 0.6 is 0 Å². The Morgan fingerprint density at radius 1 is 1.24 bits per heavy atom. The number of furan rings is 1. The number of hydrogen-bond acceptors (Lipinski definition) is 3. The molecule has 1 N–H and O–H groups in total. The number of benzene rings is 1. The molecule has 3 rings (SSSR count). The minimum atomic E-state index is -0.656. The Morgan fingerprint density at radius 3 is 2.82 bits per heavy atom. The molecule has 0 spiro atoms. The zero-order valence-corrected chi connectivity index (χ0v) is 9.37. The molecule has 0 aliphatic heterocycles. The van der Waals surface area contributed by atoms with E-state index in [2.05, 4.69) is 0 Å². The maximum absolute atomic E-state index is 10.1. The van der Waals surface area contributed by atoms with Gasteiger partial charge in [-0.2, -0.15) is 0 Å². The van der Waals surface area contributed by atoms with Gasteiger partial charge in [-0.25, -0.2) is 0 Å². The van der Waals surface area contributed by atoms with Gasteiger partial charge in [-0.1, -0.05) is 12.1 Å². The summed E-state index contributed by atoms with van der Waals surface area (Å²) in [6.07, 6.45) is 5.10. The molecule has 1 unspecified atom stereocenters. The first-order valence-electron chi connectivity index (χ1n) is 5.80. The standard InChI is InChI=1S/C14H14O3/c15-14(11-6-7-16-9-11)10-2-1-3-13(8-10)17-12-4-5-12/h1-3,6-9,12,14-15H,4-5H2. The zero-order valence-electron chi connectivity index (χ0n) is 9.37. The third kappa shape index (κ3) is 2.34. The Balaban J connectivity index is 1.81. The van der Waals surface area contributed by atoms with Crippen molar-refractivity contribution < 1.29 is 14.3 Å². The van der Waals surface area contributed by atoms with Gasteiger partial charge in [0.05, 0.1) is 18.6 Å². The highest BCUT2D eigenvalue weighted by molar-refractivity contribution is 5.34. The van der Waals surface area contributed by atoms with Crippen molar-refractivity contribution in [3.63, 3.8) is 0 Å². The molecule has 17 heavy (non-hydrogen) atoms. The molecule has 1 saturated carbocycles. The van der Waals surface area contributed by atoms with Crippen molar-refractivity contribution in [1.82, 2.24) is 0 Å². The molecule has 0 bridgehead atoms. The predicted octanol–water partition coefficient (Wildman–Crippen LogP) is 2.90. The number of hydrogen-bond donors (Lipinski definition) is 1. The van der Waals surface area contributed by atoms with Gasteiger partial charge in [0.25, 0.3) is 0 Å². The van der Waals surface area contributed by atoms with Gasteiger partial charge in [-0.15, -0.1) is 0 Å². The highest BCUT2D eigenvalue weighted by Crippen LogP contribution is 2.29. The number of rotatable bonds is 4. The van der Waals surface area contributed by atoms with Crippen LogP contribution in [0.2, 0.25) is 0 Å². The van der Waals surface area contributed by atoms with Gasteiger partial charge in [0.15, 0.2) is 0 Å². The minimum Gasteiger partial charge on any atom is -0.490 e. The third-order valence-corrected chi connectivity index (χ3v) is 2.86. The highest BCUT2D eigenvalue weighted by atomic mass is 16.5. The van der Waals surface area contributed by atoms with Crippen molar-refractivity contribution in [2.45, 2.75) is 25.0 Å². The first-order valence-corrected chi connectivity index (χ1v) is 5.80. The van der Waals surface area contributed by atoms with Gasteiger partial charge in [-0.3, -0.25) is 0 Å². The summed E-state index contributed by atoms with van der Waals surface area (Å²) in [5, 5.41) is 10.1. The molecule has 1 aliphatic carbocycles. The third-order valence-electron chi connectivity index (χ3n) is 2.86. The molecule has 3 nitrogen and oxygen atoms in total. The largest absolute Gasteiger partial charge is 0.490 e. The van der Waals surface area contributed by atoms with E-state index in [9.17, 15) is 5.11 Å². The summed E-state index contributed by atoms with van der Waals surface area (Å²) in [7, 11) is 0. The highest BCUT2D eigenvalue weighted by Gasteiger charge is 2.23. The molecular formula is C14H14O3. The van der Waals surface area contributed by atoms with Crippen molar-refractivity contribution in [3.05, 3.63) is 54.0 Å². The Morgan fingerprint density at radius 2 is 2.12 bits per heavy atom. The summed E-state index contributed by atoms with van der Waals surface area (Å²) < 4.78 is 10.7. The second kappa shape index (κ2) is 4.26. The van der Waals surface area contributed by atoms with Crippen LogP contribution < -0.4 is 4.74 Å². The fraction of sp³-hybridized carbons (Fsp3) is 0.286. The van der Waals surface area contributed by atoms with Crippen molar-refractivity contribution in [1.29, 1.82) is 0 Å². The molecule has 0 radical (unpaired) electrons. The van der Waals surface area contributed by atoms with Crippen LogP contribution in [0.15, 0.2) is 47.3 Å². The van der Waals surface area contributed by atoms with Crippen molar-refractivity contribution in [2.24, 2.45) is 0 Å². The fourth-order valence-electron chi connectivity index (χ4n) is 1.76. The van der Waals surface area contributed by atoms with Crippen LogP contribution in [-0.4, -0.2) is 11.2 Å². The lowest BCUT2D eigenvalue weighted by molar-refractivity contribution is 0.218. The summed E-state index contributed by atoms with van der Waals surface area (Å²) in [6.45, 7) is 0. The van der Waals surface area contributed by atoms with Gasteiger partial charge in [-0.05, 0) is 36.6 Å². The summed E-state index contributed by atoms with van der Waals surface area (Å²) in [5.74, 6) is 0.826. The Kier molecular flexibility index (Phi) is 2.61. The fourth-order valence-corrected chi connectivity index (χ4v) is 1.76. The monoisotopic (exact) mass is 230 g/mol. The van der Waals surface area contributed by atoms with Gasteiger partial charge >= 0.3 is 0 Å². The van der Waals surface area contributed by atoms with Crippen LogP contribution in [0, 0.1) is 0 Å². The summed E-state index contributed by atoms with van der Waals surface area (Å²) in [5.41, 5.74) is 1.58. The van der Waals surface area contributed by atoms with E-state index in [1.165, 1.54) is 0 Å². The average molecular weight is 230 g/mol.